The van der Waals surface area contributed by atoms with E-state index in [1.54, 1.807) is 0 Å². The van der Waals surface area contributed by atoms with Gasteiger partial charge in [0.15, 0.2) is 5.82 Å². The summed E-state index contributed by atoms with van der Waals surface area (Å²) in [5.41, 5.74) is 3.48. The van der Waals surface area contributed by atoms with Crippen LogP contribution < -0.4 is 4.90 Å². The number of likely N-dealkylation sites (tertiary alicyclic amines) is 1. The Labute approximate surface area is 125 Å². The summed E-state index contributed by atoms with van der Waals surface area (Å²) in [4.78, 5) is 4.44. The summed E-state index contributed by atoms with van der Waals surface area (Å²) in [6.45, 7) is 4.09. The van der Waals surface area contributed by atoms with Gasteiger partial charge >= 0.3 is 0 Å². The average molecular weight is 286 g/mol. The van der Waals surface area contributed by atoms with Crippen molar-refractivity contribution in [2.45, 2.75) is 32.4 Å². The van der Waals surface area contributed by atoms with Crippen LogP contribution in [0.2, 0.25) is 0 Å². The molecule has 0 aromatic carbocycles. The lowest BCUT2D eigenvalue weighted by Crippen LogP contribution is -2.24. The van der Waals surface area contributed by atoms with Crippen molar-refractivity contribution in [1.82, 2.24) is 25.3 Å². The zero-order chi connectivity index (χ0) is 14.8. The molecule has 1 aliphatic heterocycles. The lowest BCUT2D eigenvalue weighted by atomic mass is 10.1. The third-order valence-electron chi connectivity index (χ3n) is 4.14. The molecule has 3 rings (SSSR count). The monoisotopic (exact) mass is 286 g/mol. The van der Waals surface area contributed by atoms with Crippen LogP contribution >= 0.6 is 0 Å². The SMILES string of the molecule is Cc1[nH]ncc1CN1CCCC1c1ccc(N(C)C)nn1. The molecule has 0 saturated carbocycles. The molecule has 0 bridgehead atoms. The first-order valence-electron chi connectivity index (χ1n) is 7.39. The molecule has 1 atom stereocenters. The highest BCUT2D eigenvalue weighted by molar-refractivity contribution is 5.35. The van der Waals surface area contributed by atoms with Gasteiger partial charge in [0, 0.05) is 31.9 Å². The number of anilines is 1. The van der Waals surface area contributed by atoms with Crippen molar-refractivity contribution in [3.63, 3.8) is 0 Å². The van der Waals surface area contributed by atoms with Gasteiger partial charge in [-0.1, -0.05) is 0 Å². The predicted molar refractivity (Wildman–Crippen MR) is 82.1 cm³/mol. The van der Waals surface area contributed by atoms with Crippen molar-refractivity contribution in [3.05, 3.63) is 35.3 Å². The molecule has 1 aliphatic rings. The van der Waals surface area contributed by atoms with Gasteiger partial charge in [0.05, 0.1) is 17.9 Å². The van der Waals surface area contributed by atoms with Crippen LogP contribution in [0.3, 0.4) is 0 Å². The van der Waals surface area contributed by atoms with E-state index in [0.717, 1.165) is 36.7 Å². The molecular formula is C15H22N6. The maximum absolute atomic E-state index is 4.43. The van der Waals surface area contributed by atoms with Crippen LogP contribution in [0.1, 0.15) is 35.8 Å². The molecule has 6 nitrogen and oxygen atoms in total. The summed E-state index contributed by atoms with van der Waals surface area (Å²) in [5.74, 6) is 0.897. The topological polar surface area (TPSA) is 60.9 Å². The van der Waals surface area contributed by atoms with Crippen LogP contribution in [-0.2, 0) is 6.54 Å². The minimum atomic E-state index is 0.364. The van der Waals surface area contributed by atoms with E-state index in [-0.39, 0.29) is 0 Å². The normalized spacial score (nSPS) is 19.1. The van der Waals surface area contributed by atoms with E-state index in [4.69, 9.17) is 0 Å². The van der Waals surface area contributed by atoms with Crippen LogP contribution in [0.5, 0.6) is 0 Å². The molecule has 21 heavy (non-hydrogen) atoms. The Hall–Kier alpha value is -1.95. The van der Waals surface area contributed by atoms with Crippen LogP contribution in [-0.4, -0.2) is 45.9 Å². The largest absolute Gasteiger partial charge is 0.361 e. The Morgan fingerprint density at radius 2 is 2.19 bits per heavy atom. The van der Waals surface area contributed by atoms with Crippen LogP contribution in [0.25, 0.3) is 0 Å². The number of hydrogen-bond acceptors (Lipinski definition) is 5. The number of aromatic amines is 1. The number of hydrogen-bond donors (Lipinski definition) is 1. The highest BCUT2D eigenvalue weighted by Crippen LogP contribution is 2.32. The number of H-pyrrole nitrogens is 1. The van der Waals surface area contributed by atoms with E-state index in [2.05, 4.69) is 38.3 Å². The summed E-state index contributed by atoms with van der Waals surface area (Å²) in [7, 11) is 3.96. The highest BCUT2D eigenvalue weighted by atomic mass is 15.3. The standard InChI is InChI=1S/C15H22N6/c1-11-12(9-16-17-11)10-21-8-4-5-14(21)13-6-7-15(19-18-13)20(2)3/h6-7,9,14H,4-5,8,10H2,1-3H3,(H,16,17). The fourth-order valence-electron chi connectivity index (χ4n) is 2.86. The van der Waals surface area contributed by atoms with Gasteiger partial charge in [0.2, 0.25) is 0 Å². The second-order valence-electron chi connectivity index (χ2n) is 5.86. The molecule has 1 N–H and O–H groups in total. The minimum Gasteiger partial charge on any atom is -0.361 e. The molecule has 0 aliphatic carbocycles. The van der Waals surface area contributed by atoms with Crippen LogP contribution in [0, 0.1) is 6.92 Å². The Balaban J connectivity index is 1.76. The van der Waals surface area contributed by atoms with E-state index in [0.29, 0.717) is 6.04 Å². The first kappa shape index (κ1) is 14.0. The van der Waals surface area contributed by atoms with Crippen LogP contribution in [0.15, 0.2) is 18.3 Å². The fraction of sp³-hybridized carbons (Fsp3) is 0.533. The van der Waals surface area contributed by atoms with Gasteiger partial charge in [-0.15, -0.1) is 5.10 Å². The Bertz CT molecular complexity index is 588. The minimum absolute atomic E-state index is 0.364. The molecule has 2 aromatic rings. The number of nitrogens with one attached hydrogen (secondary N) is 1. The van der Waals surface area contributed by atoms with Gasteiger partial charge in [-0.05, 0) is 38.4 Å². The van der Waals surface area contributed by atoms with Crippen LogP contribution in [0.4, 0.5) is 5.82 Å². The molecule has 1 fully saturated rings. The van der Waals surface area contributed by atoms with Gasteiger partial charge in [0.25, 0.3) is 0 Å². The van der Waals surface area contributed by atoms with Gasteiger partial charge in [-0.3, -0.25) is 10.00 Å². The molecule has 2 aromatic heterocycles. The summed E-state index contributed by atoms with van der Waals surface area (Å²) in [6.07, 6.45) is 4.27. The summed E-state index contributed by atoms with van der Waals surface area (Å²) < 4.78 is 0. The molecular weight excluding hydrogens is 264 g/mol. The van der Waals surface area contributed by atoms with Crippen molar-refractivity contribution in [3.8, 4) is 0 Å². The molecule has 112 valence electrons. The van der Waals surface area contributed by atoms with E-state index in [1.807, 2.05) is 31.3 Å². The van der Waals surface area contributed by atoms with Crippen molar-refractivity contribution in [2.24, 2.45) is 0 Å². The molecule has 0 amide bonds. The first-order chi connectivity index (χ1) is 10.1. The van der Waals surface area contributed by atoms with E-state index >= 15 is 0 Å². The zero-order valence-electron chi connectivity index (χ0n) is 12.9. The van der Waals surface area contributed by atoms with E-state index in [9.17, 15) is 0 Å². The van der Waals surface area contributed by atoms with E-state index < -0.39 is 0 Å². The summed E-state index contributed by atoms with van der Waals surface area (Å²) in [5, 5.41) is 15.8. The molecule has 0 radical (unpaired) electrons. The second-order valence-corrected chi connectivity index (χ2v) is 5.86. The predicted octanol–water partition coefficient (Wildman–Crippen LogP) is 1.91. The van der Waals surface area contributed by atoms with Crippen molar-refractivity contribution < 1.29 is 0 Å². The lowest BCUT2D eigenvalue weighted by Gasteiger charge is -2.23. The summed E-state index contributed by atoms with van der Waals surface area (Å²) >= 11 is 0. The second kappa shape index (κ2) is 5.81. The highest BCUT2D eigenvalue weighted by Gasteiger charge is 2.28. The third kappa shape index (κ3) is 2.90. The number of aryl methyl sites for hydroxylation is 1. The quantitative estimate of drug-likeness (QED) is 0.930. The molecule has 3 heterocycles. The number of aromatic nitrogens is 4. The molecule has 1 unspecified atom stereocenters. The smallest absolute Gasteiger partial charge is 0.150 e. The Kier molecular flexibility index (Phi) is 3.88. The van der Waals surface area contributed by atoms with Gasteiger partial charge in [-0.25, -0.2) is 0 Å². The first-order valence-corrected chi connectivity index (χ1v) is 7.39. The zero-order valence-corrected chi connectivity index (χ0v) is 12.9. The van der Waals surface area contributed by atoms with Gasteiger partial charge in [0.1, 0.15) is 0 Å². The lowest BCUT2D eigenvalue weighted by molar-refractivity contribution is 0.243. The average Bonchev–Trinajstić information content (AvgIpc) is 3.09. The van der Waals surface area contributed by atoms with E-state index in [1.165, 1.54) is 12.0 Å². The summed E-state index contributed by atoms with van der Waals surface area (Å²) in [6, 6.07) is 4.51. The Morgan fingerprint density at radius 1 is 1.33 bits per heavy atom. The maximum atomic E-state index is 4.43. The number of rotatable bonds is 4. The molecule has 1 saturated heterocycles. The van der Waals surface area contributed by atoms with Gasteiger partial charge in [-0.2, -0.15) is 10.2 Å². The molecule has 6 heteroatoms. The number of nitrogens with zero attached hydrogens (tertiary/aromatic N) is 5. The maximum Gasteiger partial charge on any atom is 0.150 e. The Morgan fingerprint density at radius 3 is 2.81 bits per heavy atom. The van der Waals surface area contributed by atoms with Crippen molar-refractivity contribution >= 4 is 5.82 Å². The van der Waals surface area contributed by atoms with Crippen molar-refractivity contribution in [1.29, 1.82) is 0 Å². The van der Waals surface area contributed by atoms with Gasteiger partial charge < -0.3 is 4.90 Å². The molecule has 0 spiro atoms. The van der Waals surface area contributed by atoms with Crippen molar-refractivity contribution in [2.75, 3.05) is 25.5 Å². The third-order valence-corrected chi connectivity index (χ3v) is 4.14. The fourth-order valence-corrected chi connectivity index (χ4v) is 2.86.